The van der Waals surface area contributed by atoms with E-state index in [1.807, 2.05) is 0 Å². The molecule has 0 bridgehead atoms. The van der Waals surface area contributed by atoms with E-state index in [1.165, 1.54) is 33.4 Å². The van der Waals surface area contributed by atoms with Gasteiger partial charge in [0.2, 0.25) is 0 Å². The van der Waals surface area contributed by atoms with E-state index in [0.29, 0.717) is 23.7 Å². The molecule has 234 valence electrons. The minimum Gasteiger partial charge on any atom is -0.232 e. The molecule has 0 saturated carbocycles. The Labute approximate surface area is 284 Å². The zero-order valence-electron chi connectivity index (χ0n) is 27.2. The van der Waals surface area contributed by atoms with Gasteiger partial charge in [-0.3, -0.25) is 0 Å². The molecule has 0 spiro atoms. The van der Waals surface area contributed by atoms with Crippen molar-refractivity contribution in [1.82, 2.24) is 9.97 Å². The summed E-state index contributed by atoms with van der Waals surface area (Å²) in [6, 6.07) is 18.5. The van der Waals surface area contributed by atoms with E-state index in [4.69, 9.17) is 9.97 Å². The second-order valence-corrected chi connectivity index (χ2v) is 13.8. The van der Waals surface area contributed by atoms with Crippen molar-refractivity contribution in [3.8, 4) is 11.1 Å². The monoisotopic (exact) mass is 620 g/mol. The summed E-state index contributed by atoms with van der Waals surface area (Å²) in [7, 11) is 0. The Morgan fingerprint density at radius 2 is 1.33 bits per heavy atom. The molecule has 1 aromatic heterocycles. The fourth-order valence-electron chi connectivity index (χ4n) is 8.61. The average Bonchev–Trinajstić information content (AvgIpc) is 3.18. The molecule has 2 nitrogen and oxygen atoms in total. The zero-order chi connectivity index (χ0) is 31.9. The van der Waals surface area contributed by atoms with Crippen LogP contribution in [0, 0.1) is 11.8 Å². The summed E-state index contributed by atoms with van der Waals surface area (Å²) >= 11 is 0. The molecule has 2 heteroatoms. The molecule has 0 fully saturated rings. The number of allylic oxidation sites excluding steroid dienone is 20. The van der Waals surface area contributed by atoms with E-state index in [0.717, 1.165) is 48.5 Å². The molecule has 0 saturated heterocycles. The summed E-state index contributed by atoms with van der Waals surface area (Å²) in [5.41, 5.74) is 11.4. The van der Waals surface area contributed by atoms with Crippen molar-refractivity contribution in [3.05, 3.63) is 192 Å². The predicted molar refractivity (Wildman–Crippen MR) is 199 cm³/mol. The van der Waals surface area contributed by atoms with Crippen LogP contribution in [-0.2, 0) is 0 Å². The van der Waals surface area contributed by atoms with Crippen molar-refractivity contribution < 1.29 is 0 Å². The quantitative estimate of drug-likeness (QED) is 0.284. The summed E-state index contributed by atoms with van der Waals surface area (Å²) in [6.07, 6.45) is 45.2. The summed E-state index contributed by atoms with van der Waals surface area (Å²) in [5, 5.41) is 0. The van der Waals surface area contributed by atoms with E-state index in [2.05, 4.69) is 158 Å². The lowest BCUT2D eigenvalue weighted by molar-refractivity contribution is 0.370. The Balaban J connectivity index is 1.10. The second-order valence-electron chi connectivity index (χ2n) is 13.8. The zero-order valence-corrected chi connectivity index (χ0v) is 27.2. The molecule has 3 aromatic rings. The lowest BCUT2D eigenvalue weighted by Gasteiger charge is -2.42. The minimum atomic E-state index is 0.236. The molecular weight excluding hydrogens is 581 g/mol. The Bertz CT molecular complexity index is 2070. The number of rotatable bonds is 5. The fourth-order valence-corrected chi connectivity index (χ4v) is 8.61. The molecule has 5 unspecified atom stereocenters. The van der Waals surface area contributed by atoms with Gasteiger partial charge in [0.05, 0.1) is 11.4 Å². The fraction of sp³-hybridized carbons (Fsp3) is 0.217. The predicted octanol–water partition coefficient (Wildman–Crippen LogP) is 11.3. The third-order valence-electron chi connectivity index (χ3n) is 11.0. The first-order valence-electron chi connectivity index (χ1n) is 17.7. The van der Waals surface area contributed by atoms with Gasteiger partial charge in [-0.15, -0.1) is 0 Å². The van der Waals surface area contributed by atoms with E-state index < -0.39 is 0 Å². The molecule has 0 aliphatic heterocycles. The highest BCUT2D eigenvalue weighted by Crippen LogP contribution is 2.52. The topological polar surface area (TPSA) is 25.8 Å². The largest absolute Gasteiger partial charge is 0.232 e. The first-order chi connectivity index (χ1) is 23.8. The van der Waals surface area contributed by atoms with Crippen LogP contribution in [0.5, 0.6) is 0 Å². The molecule has 0 N–H and O–H groups in total. The first kappa shape index (κ1) is 29.1. The SMILES string of the molecule is C1=CCC(c2cc(C3=CCCC=C3)nc(C3=CC(c4ccccc4-c4ccc5c(c4)[C@H]4C=CC=CC4C4C=CC=CC54)CC=C3)n2)C=C1. The van der Waals surface area contributed by atoms with Gasteiger partial charge in [0, 0.05) is 29.2 Å². The standard InChI is InChI=1S/C46H40N2/c1-3-14-31(15-4-1)44-30-45(32-16-5-2-6-17-32)48-46(47-44)35-19-13-18-33(28-35)36-20-7-8-21-37(36)34-26-27-42-40-24-10-9-22-38(40)39-23-11-12-25-41(39)43(42)29-34/h1,3-5,7-14,16-17,19-31,33,38-41H,2,6,15,18H2/t31?,33?,38?,39?,40?,41-/m0/s1. The Kier molecular flexibility index (Phi) is 7.58. The van der Waals surface area contributed by atoms with Crippen molar-refractivity contribution in [2.45, 2.75) is 49.4 Å². The van der Waals surface area contributed by atoms with Crippen LogP contribution in [0.1, 0.15) is 83.3 Å². The summed E-state index contributed by atoms with van der Waals surface area (Å²) in [6.45, 7) is 0. The first-order valence-corrected chi connectivity index (χ1v) is 17.7. The van der Waals surface area contributed by atoms with Crippen LogP contribution in [0.3, 0.4) is 0 Å². The van der Waals surface area contributed by atoms with Crippen LogP contribution in [0.4, 0.5) is 0 Å². The molecule has 6 atom stereocenters. The maximum atomic E-state index is 5.21. The van der Waals surface area contributed by atoms with E-state index in [1.54, 1.807) is 0 Å². The lowest BCUT2D eigenvalue weighted by Crippen LogP contribution is -2.31. The van der Waals surface area contributed by atoms with Crippen LogP contribution in [0.2, 0.25) is 0 Å². The third kappa shape index (κ3) is 5.30. The Hall–Kier alpha value is -5.08. The second kappa shape index (κ2) is 12.5. The van der Waals surface area contributed by atoms with Gasteiger partial charge in [0.1, 0.15) is 0 Å². The number of hydrogen-bond donors (Lipinski definition) is 0. The van der Waals surface area contributed by atoms with Crippen molar-refractivity contribution in [1.29, 1.82) is 0 Å². The molecule has 2 aromatic carbocycles. The van der Waals surface area contributed by atoms with Gasteiger partial charge in [-0.05, 0) is 77.0 Å². The smallest absolute Gasteiger partial charge is 0.159 e. The summed E-state index contributed by atoms with van der Waals surface area (Å²) in [5.74, 6) is 3.17. The number of benzene rings is 2. The maximum absolute atomic E-state index is 5.21. The number of hydrogen-bond acceptors (Lipinski definition) is 2. The molecule has 9 rings (SSSR count). The molecule has 1 heterocycles. The van der Waals surface area contributed by atoms with Crippen molar-refractivity contribution in [2.24, 2.45) is 11.8 Å². The molecular formula is C46H40N2. The average molecular weight is 621 g/mol. The normalized spacial score (nSPS) is 27.7. The number of aromatic nitrogens is 2. The lowest BCUT2D eigenvalue weighted by atomic mass is 9.61. The van der Waals surface area contributed by atoms with Gasteiger partial charge in [-0.2, -0.15) is 0 Å². The van der Waals surface area contributed by atoms with Crippen LogP contribution < -0.4 is 0 Å². The highest BCUT2D eigenvalue weighted by Gasteiger charge is 2.39. The van der Waals surface area contributed by atoms with Gasteiger partial charge in [-0.1, -0.05) is 152 Å². The van der Waals surface area contributed by atoms with E-state index in [9.17, 15) is 0 Å². The molecule has 0 amide bonds. The Morgan fingerprint density at radius 3 is 2.15 bits per heavy atom. The summed E-state index contributed by atoms with van der Waals surface area (Å²) in [4.78, 5) is 10.4. The molecule has 6 aliphatic rings. The number of nitrogens with zero attached hydrogens (tertiary/aromatic N) is 2. The van der Waals surface area contributed by atoms with Gasteiger partial charge in [0.25, 0.3) is 0 Å². The van der Waals surface area contributed by atoms with Gasteiger partial charge in [0.15, 0.2) is 5.82 Å². The third-order valence-corrected chi connectivity index (χ3v) is 11.0. The van der Waals surface area contributed by atoms with Gasteiger partial charge in [-0.25, -0.2) is 9.97 Å². The van der Waals surface area contributed by atoms with Gasteiger partial charge >= 0.3 is 0 Å². The van der Waals surface area contributed by atoms with Crippen LogP contribution in [0.15, 0.2) is 158 Å². The van der Waals surface area contributed by atoms with Gasteiger partial charge < -0.3 is 0 Å². The van der Waals surface area contributed by atoms with E-state index >= 15 is 0 Å². The van der Waals surface area contributed by atoms with Crippen molar-refractivity contribution in [3.63, 3.8) is 0 Å². The van der Waals surface area contributed by atoms with Crippen LogP contribution >= 0.6 is 0 Å². The van der Waals surface area contributed by atoms with Crippen molar-refractivity contribution in [2.75, 3.05) is 0 Å². The minimum absolute atomic E-state index is 0.236. The van der Waals surface area contributed by atoms with E-state index in [-0.39, 0.29) is 11.8 Å². The number of fused-ring (bicyclic) bond motifs is 6. The van der Waals surface area contributed by atoms with Crippen molar-refractivity contribution >= 4 is 11.1 Å². The van der Waals surface area contributed by atoms with Crippen LogP contribution in [0.25, 0.3) is 22.3 Å². The maximum Gasteiger partial charge on any atom is 0.159 e. The van der Waals surface area contributed by atoms with Crippen LogP contribution in [-0.4, -0.2) is 9.97 Å². The highest BCUT2D eigenvalue weighted by molar-refractivity contribution is 5.78. The molecule has 0 radical (unpaired) electrons. The highest BCUT2D eigenvalue weighted by atomic mass is 14.9. The Morgan fingerprint density at radius 1 is 0.562 bits per heavy atom. The summed E-state index contributed by atoms with van der Waals surface area (Å²) < 4.78 is 0. The molecule has 48 heavy (non-hydrogen) atoms. The molecule has 6 aliphatic carbocycles.